The molecule has 1 rings (SSSR count). The predicted molar refractivity (Wildman–Crippen MR) is 56.5 cm³/mol. The smallest absolute Gasteiger partial charge is 0.388 e. The Morgan fingerprint density at radius 1 is 1.41 bits per heavy atom. The van der Waals surface area contributed by atoms with E-state index in [-0.39, 0.29) is 3.57 Å². The number of nitrogens with two attached hydrogens (primary N) is 1. The molecule has 0 atom stereocenters. The van der Waals surface area contributed by atoms with Crippen molar-refractivity contribution in [3.63, 3.8) is 0 Å². The summed E-state index contributed by atoms with van der Waals surface area (Å²) in [5.41, 5.74) is 4.13. The Bertz CT molecular complexity index is 410. The van der Waals surface area contributed by atoms with E-state index < -0.39 is 36.3 Å². The highest BCUT2D eigenvalue weighted by atomic mass is 127. The molecule has 1 aromatic rings. The standard InChI is InChI=1S/C8H6F5IN2O/c9-6(10)5-3(1-15)7(16-2-4(5)14)17-8(11,12)13/h2,6H,1,15H2. The van der Waals surface area contributed by atoms with Crippen LogP contribution in [0.2, 0.25) is 0 Å². The molecule has 0 radical (unpaired) electrons. The zero-order valence-corrected chi connectivity index (χ0v) is 10.2. The van der Waals surface area contributed by atoms with Gasteiger partial charge in [-0.05, 0) is 22.6 Å². The molecule has 17 heavy (non-hydrogen) atoms. The van der Waals surface area contributed by atoms with E-state index in [1.54, 1.807) is 22.6 Å². The molecule has 96 valence electrons. The lowest BCUT2D eigenvalue weighted by atomic mass is 10.1. The second kappa shape index (κ2) is 5.29. The minimum Gasteiger partial charge on any atom is -0.388 e. The van der Waals surface area contributed by atoms with Crippen molar-refractivity contribution in [2.45, 2.75) is 19.3 Å². The van der Waals surface area contributed by atoms with Crippen LogP contribution in [0.5, 0.6) is 5.88 Å². The van der Waals surface area contributed by atoms with Gasteiger partial charge in [0.15, 0.2) is 0 Å². The van der Waals surface area contributed by atoms with E-state index in [2.05, 4.69) is 9.72 Å². The number of halogens is 6. The van der Waals surface area contributed by atoms with Crippen molar-refractivity contribution < 1.29 is 26.7 Å². The number of nitrogens with zero attached hydrogens (tertiary/aromatic N) is 1. The van der Waals surface area contributed by atoms with E-state index in [0.29, 0.717) is 0 Å². The number of hydrogen-bond acceptors (Lipinski definition) is 3. The minimum absolute atomic E-state index is 0.0348. The van der Waals surface area contributed by atoms with Gasteiger partial charge >= 0.3 is 6.36 Å². The molecule has 0 amide bonds. The molecule has 0 aliphatic heterocycles. The maximum absolute atomic E-state index is 12.7. The van der Waals surface area contributed by atoms with E-state index in [1.807, 2.05) is 0 Å². The number of pyridine rings is 1. The van der Waals surface area contributed by atoms with Crippen molar-refractivity contribution in [2.24, 2.45) is 5.73 Å². The Morgan fingerprint density at radius 3 is 2.41 bits per heavy atom. The molecule has 9 heteroatoms. The molecule has 1 aromatic heterocycles. The molecular formula is C8H6F5IN2O. The van der Waals surface area contributed by atoms with Crippen LogP contribution in [0.15, 0.2) is 6.20 Å². The Kier molecular flexibility index (Phi) is 4.47. The third-order valence-corrected chi connectivity index (χ3v) is 2.63. The lowest BCUT2D eigenvalue weighted by Gasteiger charge is -2.15. The van der Waals surface area contributed by atoms with Crippen molar-refractivity contribution in [3.05, 3.63) is 20.9 Å². The molecular weight excluding hydrogens is 362 g/mol. The first kappa shape index (κ1) is 14.4. The third-order valence-electron chi connectivity index (χ3n) is 1.77. The second-order valence-electron chi connectivity index (χ2n) is 2.86. The monoisotopic (exact) mass is 368 g/mol. The average Bonchev–Trinajstić information content (AvgIpc) is 2.17. The third kappa shape index (κ3) is 3.63. The minimum atomic E-state index is -5.00. The maximum atomic E-state index is 12.7. The molecule has 0 saturated carbocycles. The van der Waals surface area contributed by atoms with Gasteiger partial charge in [0, 0.05) is 27.4 Å². The van der Waals surface area contributed by atoms with E-state index in [1.165, 1.54) is 0 Å². The first-order chi connectivity index (χ1) is 7.76. The topological polar surface area (TPSA) is 48.1 Å². The highest BCUT2D eigenvalue weighted by Gasteiger charge is 2.34. The molecule has 0 bridgehead atoms. The summed E-state index contributed by atoms with van der Waals surface area (Å²) >= 11 is 1.54. The van der Waals surface area contributed by atoms with Crippen molar-refractivity contribution in [1.29, 1.82) is 0 Å². The zero-order chi connectivity index (χ0) is 13.2. The number of aromatic nitrogens is 1. The van der Waals surface area contributed by atoms with Gasteiger partial charge < -0.3 is 10.5 Å². The summed E-state index contributed by atoms with van der Waals surface area (Å²) in [4.78, 5) is 3.31. The maximum Gasteiger partial charge on any atom is 0.574 e. The summed E-state index contributed by atoms with van der Waals surface area (Å²) in [6.45, 7) is -0.519. The summed E-state index contributed by atoms with van der Waals surface area (Å²) in [5, 5.41) is 0. The second-order valence-corrected chi connectivity index (χ2v) is 4.02. The van der Waals surface area contributed by atoms with Crippen LogP contribution in [-0.2, 0) is 6.54 Å². The summed E-state index contributed by atoms with van der Waals surface area (Å²) in [7, 11) is 0. The summed E-state index contributed by atoms with van der Waals surface area (Å²) in [6, 6.07) is 0. The fraction of sp³-hybridized carbons (Fsp3) is 0.375. The van der Waals surface area contributed by atoms with Gasteiger partial charge in [-0.25, -0.2) is 13.8 Å². The van der Waals surface area contributed by atoms with Crippen LogP contribution in [0.4, 0.5) is 22.0 Å². The van der Waals surface area contributed by atoms with Crippen molar-refractivity contribution in [2.75, 3.05) is 0 Å². The number of rotatable bonds is 3. The largest absolute Gasteiger partial charge is 0.574 e. The molecule has 3 nitrogen and oxygen atoms in total. The normalized spacial score (nSPS) is 12.0. The fourth-order valence-electron chi connectivity index (χ4n) is 1.15. The van der Waals surface area contributed by atoms with Gasteiger partial charge in [0.05, 0.1) is 0 Å². The van der Waals surface area contributed by atoms with Gasteiger partial charge in [-0.15, -0.1) is 13.2 Å². The quantitative estimate of drug-likeness (QED) is 0.659. The SMILES string of the molecule is NCc1c(OC(F)(F)F)ncc(I)c1C(F)F. The number of ether oxygens (including phenoxy) is 1. The predicted octanol–water partition coefficient (Wildman–Crippen LogP) is 2.98. The van der Waals surface area contributed by atoms with Crippen molar-refractivity contribution in [1.82, 2.24) is 4.98 Å². The first-order valence-electron chi connectivity index (χ1n) is 4.17. The lowest BCUT2D eigenvalue weighted by Crippen LogP contribution is -2.20. The van der Waals surface area contributed by atoms with E-state index in [4.69, 9.17) is 5.73 Å². The van der Waals surface area contributed by atoms with Gasteiger partial charge in [-0.2, -0.15) is 0 Å². The molecule has 0 aliphatic rings. The molecule has 0 saturated heterocycles. The Hall–Kier alpha value is -0.710. The molecule has 0 aliphatic carbocycles. The van der Waals surface area contributed by atoms with E-state index in [9.17, 15) is 22.0 Å². The van der Waals surface area contributed by atoms with Gasteiger partial charge in [0.2, 0.25) is 5.88 Å². The average molecular weight is 368 g/mol. The highest BCUT2D eigenvalue weighted by molar-refractivity contribution is 14.1. The van der Waals surface area contributed by atoms with Gasteiger partial charge in [-0.3, -0.25) is 0 Å². The highest BCUT2D eigenvalue weighted by Crippen LogP contribution is 2.34. The van der Waals surface area contributed by atoms with Crippen LogP contribution in [0.3, 0.4) is 0 Å². The summed E-state index contributed by atoms with van der Waals surface area (Å²) in [5.74, 6) is -0.935. The molecule has 1 heterocycles. The van der Waals surface area contributed by atoms with Crippen LogP contribution in [-0.4, -0.2) is 11.3 Å². The number of hydrogen-bond donors (Lipinski definition) is 1. The Balaban J connectivity index is 3.28. The number of alkyl halides is 5. The van der Waals surface area contributed by atoms with Crippen LogP contribution >= 0.6 is 22.6 Å². The van der Waals surface area contributed by atoms with Crippen LogP contribution in [0, 0.1) is 3.57 Å². The van der Waals surface area contributed by atoms with Gasteiger partial charge in [0.25, 0.3) is 6.43 Å². The van der Waals surface area contributed by atoms with Crippen LogP contribution in [0.1, 0.15) is 17.6 Å². The summed E-state index contributed by atoms with van der Waals surface area (Å²) in [6.07, 6.45) is -7.06. The van der Waals surface area contributed by atoms with E-state index >= 15 is 0 Å². The Labute approximate surface area is 106 Å². The van der Waals surface area contributed by atoms with Crippen molar-refractivity contribution >= 4 is 22.6 Å². The molecule has 0 unspecified atom stereocenters. The lowest BCUT2D eigenvalue weighted by molar-refractivity contribution is -0.276. The fourth-order valence-corrected chi connectivity index (χ4v) is 1.85. The van der Waals surface area contributed by atoms with Gasteiger partial charge in [-0.1, -0.05) is 0 Å². The zero-order valence-electron chi connectivity index (χ0n) is 8.06. The Morgan fingerprint density at radius 2 is 2.00 bits per heavy atom. The van der Waals surface area contributed by atoms with E-state index in [0.717, 1.165) is 6.20 Å². The molecule has 0 aromatic carbocycles. The molecule has 2 N–H and O–H groups in total. The molecule has 0 spiro atoms. The summed E-state index contributed by atoms with van der Waals surface area (Å²) < 4.78 is 64.9. The van der Waals surface area contributed by atoms with Gasteiger partial charge in [0.1, 0.15) is 0 Å². The van der Waals surface area contributed by atoms with Crippen LogP contribution in [0.25, 0.3) is 0 Å². The van der Waals surface area contributed by atoms with Crippen LogP contribution < -0.4 is 10.5 Å². The first-order valence-corrected chi connectivity index (χ1v) is 5.25. The van der Waals surface area contributed by atoms with Crippen molar-refractivity contribution in [3.8, 4) is 5.88 Å². The molecule has 0 fully saturated rings.